The molecule has 1 aliphatic rings. The van der Waals surface area contributed by atoms with E-state index in [0.717, 1.165) is 22.9 Å². The van der Waals surface area contributed by atoms with Gasteiger partial charge in [0.25, 0.3) is 0 Å². The summed E-state index contributed by atoms with van der Waals surface area (Å²) in [6, 6.07) is 5.63. The van der Waals surface area contributed by atoms with Gasteiger partial charge in [0.05, 0.1) is 0 Å². The third-order valence-corrected chi connectivity index (χ3v) is 3.68. The number of nitrogens with two attached hydrogens (primary N) is 1. The quantitative estimate of drug-likeness (QED) is 0.570. The van der Waals surface area contributed by atoms with Crippen molar-refractivity contribution >= 4 is 27.7 Å². The van der Waals surface area contributed by atoms with Crippen molar-refractivity contribution < 1.29 is 9.90 Å². The van der Waals surface area contributed by atoms with Crippen LogP contribution in [-0.4, -0.2) is 29.2 Å². The van der Waals surface area contributed by atoms with Gasteiger partial charge in [0, 0.05) is 34.7 Å². The van der Waals surface area contributed by atoms with Crippen molar-refractivity contribution in [1.82, 2.24) is 4.90 Å². The van der Waals surface area contributed by atoms with Gasteiger partial charge in [-0.3, -0.25) is 0 Å². The summed E-state index contributed by atoms with van der Waals surface area (Å²) in [7, 11) is 0. The summed E-state index contributed by atoms with van der Waals surface area (Å²) in [5.41, 5.74) is 7.36. The Balaban J connectivity index is 1.99. The lowest BCUT2D eigenvalue weighted by Gasteiger charge is -2.27. The lowest BCUT2D eigenvalue weighted by molar-refractivity contribution is 0.130. The van der Waals surface area contributed by atoms with E-state index in [-0.39, 0.29) is 5.92 Å². The summed E-state index contributed by atoms with van der Waals surface area (Å²) < 4.78 is 0.935. The molecule has 1 amide bonds. The van der Waals surface area contributed by atoms with E-state index in [0.29, 0.717) is 18.8 Å². The molecule has 1 heterocycles. The van der Waals surface area contributed by atoms with Crippen LogP contribution < -0.4 is 5.73 Å². The van der Waals surface area contributed by atoms with Crippen LogP contribution in [0.3, 0.4) is 0 Å². The number of hydrogen-bond donors (Lipinski definition) is 2. The molecule has 19 heavy (non-hydrogen) atoms. The minimum absolute atomic E-state index is 0.249. The molecule has 0 aliphatic carbocycles. The number of piperidine rings is 1. The summed E-state index contributed by atoms with van der Waals surface area (Å²) in [6.45, 7) is 1.12. The molecule has 0 unspecified atom stereocenters. The Kier molecular flexibility index (Phi) is 4.33. The highest BCUT2D eigenvalue weighted by atomic mass is 79.9. The average molecular weight is 323 g/mol. The van der Waals surface area contributed by atoms with Gasteiger partial charge in [-0.2, -0.15) is 0 Å². The SMILES string of the molecule is Nc1cc(Br)ccc1C#CC1CCN(C(=O)O)CC1. The molecule has 1 aromatic carbocycles. The zero-order valence-corrected chi connectivity index (χ0v) is 12.0. The number of likely N-dealkylation sites (tertiary alicyclic amines) is 1. The van der Waals surface area contributed by atoms with Gasteiger partial charge in [-0.05, 0) is 31.0 Å². The molecule has 0 spiro atoms. The van der Waals surface area contributed by atoms with Crippen LogP contribution in [0.4, 0.5) is 10.5 Å². The second-order valence-corrected chi connectivity index (χ2v) is 5.46. The van der Waals surface area contributed by atoms with E-state index in [1.807, 2.05) is 18.2 Å². The molecule has 0 aromatic heterocycles. The number of anilines is 1. The zero-order valence-electron chi connectivity index (χ0n) is 10.4. The molecule has 0 saturated carbocycles. The van der Waals surface area contributed by atoms with Crippen LogP contribution in [0.2, 0.25) is 0 Å². The fourth-order valence-corrected chi connectivity index (χ4v) is 2.42. The molecule has 1 fully saturated rings. The molecule has 1 aromatic rings. The van der Waals surface area contributed by atoms with Crippen LogP contribution in [-0.2, 0) is 0 Å². The maximum Gasteiger partial charge on any atom is 0.407 e. The molecular formula is C14H15BrN2O2. The monoisotopic (exact) mass is 322 g/mol. The summed E-state index contributed by atoms with van der Waals surface area (Å²) in [5, 5.41) is 8.86. The number of nitrogens with zero attached hydrogens (tertiary/aromatic N) is 1. The third kappa shape index (κ3) is 3.65. The van der Waals surface area contributed by atoms with Crippen molar-refractivity contribution in [1.29, 1.82) is 0 Å². The normalized spacial score (nSPS) is 15.7. The smallest absolute Gasteiger partial charge is 0.407 e. The molecule has 0 bridgehead atoms. The number of amides is 1. The Labute approximate surface area is 120 Å². The van der Waals surface area contributed by atoms with Gasteiger partial charge in [-0.25, -0.2) is 4.79 Å². The van der Waals surface area contributed by atoms with Crippen LogP contribution in [0.5, 0.6) is 0 Å². The van der Waals surface area contributed by atoms with Crippen LogP contribution >= 0.6 is 15.9 Å². The second-order valence-electron chi connectivity index (χ2n) is 4.54. The molecule has 1 aliphatic heterocycles. The van der Waals surface area contributed by atoms with Gasteiger partial charge < -0.3 is 15.7 Å². The first-order valence-corrected chi connectivity index (χ1v) is 6.90. The first-order valence-electron chi connectivity index (χ1n) is 6.10. The fraction of sp³-hybridized carbons (Fsp3) is 0.357. The largest absolute Gasteiger partial charge is 0.465 e. The molecule has 0 radical (unpaired) electrons. The van der Waals surface area contributed by atoms with Crippen molar-refractivity contribution in [2.75, 3.05) is 18.8 Å². The maximum absolute atomic E-state index is 10.8. The Hall–Kier alpha value is -1.67. The summed E-state index contributed by atoms with van der Waals surface area (Å²) in [5.74, 6) is 6.53. The summed E-state index contributed by atoms with van der Waals surface area (Å²) in [4.78, 5) is 12.2. The van der Waals surface area contributed by atoms with Gasteiger partial charge in [-0.15, -0.1) is 0 Å². The Morgan fingerprint density at radius 1 is 1.42 bits per heavy atom. The van der Waals surface area contributed by atoms with E-state index in [1.54, 1.807) is 0 Å². The predicted molar refractivity (Wildman–Crippen MR) is 77.8 cm³/mol. The number of halogens is 1. The van der Waals surface area contributed by atoms with Crippen molar-refractivity contribution in [3.63, 3.8) is 0 Å². The van der Waals surface area contributed by atoms with Gasteiger partial charge in [0.2, 0.25) is 0 Å². The molecule has 4 nitrogen and oxygen atoms in total. The summed E-state index contributed by atoms with van der Waals surface area (Å²) in [6.07, 6.45) is 0.731. The molecule has 2 rings (SSSR count). The number of carbonyl (C=O) groups is 1. The zero-order chi connectivity index (χ0) is 13.8. The van der Waals surface area contributed by atoms with E-state index < -0.39 is 6.09 Å². The Bertz CT molecular complexity index is 540. The van der Waals surface area contributed by atoms with Gasteiger partial charge in [0.15, 0.2) is 0 Å². The average Bonchev–Trinajstić information content (AvgIpc) is 2.38. The summed E-state index contributed by atoms with van der Waals surface area (Å²) >= 11 is 3.35. The van der Waals surface area contributed by atoms with E-state index in [1.165, 1.54) is 4.90 Å². The molecule has 5 heteroatoms. The van der Waals surface area contributed by atoms with Gasteiger partial charge in [0.1, 0.15) is 0 Å². The first kappa shape index (κ1) is 13.8. The van der Waals surface area contributed by atoms with E-state index in [4.69, 9.17) is 10.8 Å². The van der Waals surface area contributed by atoms with Crippen molar-refractivity contribution in [2.45, 2.75) is 12.8 Å². The van der Waals surface area contributed by atoms with Crippen molar-refractivity contribution in [3.05, 3.63) is 28.2 Å². The Morgan fingerprint density at radius 2 is 2.11 bits per heavy atom. The highest BCUT2D eigenvalue weighted by Gasteiger charge is 2.20. The van der Waals surface area contributed by atoms with E-state index in [9.17, 15) is 4.79 Å². The van der Waals surface area contributed by atoms with Crippen LogP contribution in [0.25, 0.3) is 0 Å². The molecule has 3 N–H and O–H groups in total. The van der Waals surface area contributed by atoms with Crippen LogP contribution in [0, 0.1) is 17.8 Å². The second kappa shape index (κ2) is 5.98. The van der Waals surface area contributed by atoms with Crippen molar-refractivity contribution in [3.8, 4) is 11.8 Å². The lowest BCUT2D eigenvalue weighted by atomic mass is 9.97. The standard InChI is InChI=1S/C14H15BrN2O2/c15-12-4-3-11(13(16)9-12)2-1-10-5-7-17(8-6-10)14(18)19/h3-4,9-10H,5-8,16H2,(H,18,19). The van der Waals surface area contributed by atoms with E-state index in [2.05, 4.69) is 27.8 Å². The van der Waals surface area contributed by atoms with Gasteiger partial charge in [-0.1, -0.05) is 27.8 Å². The number of rotatable bonds is 0. The lowest BCUT2D eigenvalue weighted by Crippen LogP contribution is -2.37. The minimum atomic E-state index is -0.844. The van der Waals surface area contributed by atoms with E-state index >= 15 is 0 Å². The first-order chi connectivity index (χ1) is 9.06. The molecule has 1 saturated heterocycles. The molecule has 0 atom stereocenters. The number of nitrogen functional groups attached to an aromatic ring is 1. The molecular weight excluding hydrogens is 308 g/mol. The topological polar surface area (TPSA) is 66.6 Å². The third-order valence-electron chi connectivity index (χ3n) is 3.19. The fourth-order valence-electron chi connectivity index (χ4n) is 2.04. The highest BCUT2D eigenvalue weighted by molar-refractivity contribution is 9.10. The Morgan fingerprint density at radius 3 is 2.68 bits per heavy atom. The van der Waals surface area contributed by atoms with Crippen LogP contribution in [0.15, 0.2) is 22.7 Å². The minimum Gasteiger partial charge on any atom is -0.465 e. The number of benzene rings is 1. The number of hydrogen-bond acceptors (Lipinski definition) is 2. The van der Waals surface area contributed by atoms with Gasteiger partial charge >= 0.3 is 6.09 Å². The highest BCUT2D eigenvalue weighted by Crippen LogP contribution is 2.19. The predicted octanol–water partition coefficient (Wildman–Crippen LogP) is 2.77. The van der Waals surface area contributed by atoms with Crippen molar-refractivity contribution in [2.24, 2.45) is 5.92 Å². The number of carboxylic acid groups (broad SMARTS) is 1. The maximum atomic E-state index is 10.8. The van der Waals surface area contributed by atoms with Crippen LogP contribution in [0.1, 0.15) is 18.4 Å². The molecule has 100 valence electrons.